The van der Waals surface area contributed by atoms with Crippen LogP contribution in [0.5, 0.6) is 0 Å². The van der Waals surface area contributed by atoms with E-state index in [1.54, 1.807) is 0 Å². The van der Waals surface area contributed by atoms with Crippen LogP contribution in [0, 0.1) is 11.8 Å². The number of nitrogens with zero attached hydrogens (tertiary/aromatic N) is 2. The highest BCUT2D eigenvalue weighted by Crippen LogP contribution is 2.34. The third kappa shape index (κ3) is 7.97. The Morgan fingerprint density at radius 3 is 2.32 bits per heavy atom. The van der Waals surface area contributed by atoms with Crippen molar-refractivity contribution in [2.75, 3.05) is 33.7 Å². The van der Waals surface area contributed by atoms with E-state index in [4.69, 9.17) is 0 Å². The maximum atomic E-state index is 4.60. The zero-order valence-corrected chi connectivity index (χ0v) is 15.4. The summed E-state index contributed by atoms with van der Waals surface area (Å²) in [4.78, 5) is 6.93. The number of hydrogen-bond donors (Lipinski definition) is 2. The molecule has 1 rings (SSSR count). The van der Waals surface area contributed by atoms with E-state index in [-0.39, 0.29) is 24.0 Å². The molecule has 1 atom stereocenters. The van der Waals surface area contributed by atoms with Crippen molar-refractivity contribution in [2.45, 2.75) is 39.7 Å². The van der Waals surface area contributed by atoms with Gasteiger partial charge in [0.25, 0.3) is 0 Å². The lowest BCUT2D eigenvalue weighted by Crippen LogP contribution is -2.46. The van der Waals surface area contributed by atoms with Crippen molar-refractivity contribution in [3.63, 3.8) is 0 Å². The first kappa shape index (κ1) is 19.0. The van der Waals surface area contributed by atoms with Gasteiger partial charge in [0.05, 0.1) is 0 Å². The molecule has 0 aliphatic heterocycles. The molecule has 0 radical (unpaired) electrons. The number of guanidine groups is 1. The predicted molar refractivity (Wildman–Crippen MR) is 94.4 cm³/mol. The zero-order valence-electron chi connectivity index (χ0n) is 13.1. The molecule has 1 unspecified atom stereocenters. The molecule has 1 aliphatic rings. The van der Waals surface area contributed by atoms with Crippen LogP contribution in [0.15, 0.2) is 4.99 Å². The van der Waals surface area contributed by atoms with Gasteiger partial charge >= 0.3 is 0 Å². The fourth-order valence-electron chi connectivity index (χ4n) is 2.07. The van der Waals surface area contributed by atoms with Crippen molar-refractivity contribution in [1.82, 2.24) is 15.5 Å². The molecule has 0 spiro atoms. The Morgan fingerprint density at radius 2 is 1.89 bits per heavy atom. The summed E-state index contributed by atoms with van der Waals surface area (Å²) >= 11 is 0. The fourth-order valence-corrected chi connectivity index (χ4v) is 2.07. The Kier molecular flexibility index (Phi) is 9.78. The van der Waals surface area contributed by atoms with Crippen LogP contribution >= 0.6 is 24.0 Å². The summed E-state index contributed by atoms with van der Waals surface area (Å²) in [5.41, 5.74) is 0. The minimum atomic E-state index is 0. The number of nitrogens with one attached hydrogen (secondary N) is 2. The van der Waals surface area contributed by atoms with E-state index < -0.39 is 0 Å². The summed E-state index contributed by atoms with van der Waals surface area (Å²) in [6.07, 6.45) is 2.76. The average Bonchev–Trinajstić information content (AvgIpc) is 3.09. The number of rotatable bonds is 7. The molecule has 1 aliphatic carbocycles. The average molecular weight is 382 g/mol. The van der Waals surface area contributed by atoms with Crippen LogP contribution in [0.3, 0.4) is 0 Å². The van der Waals surface area contributed by atoms with Gasteiger partial charge in [0.2, 0.25) is 0 Å². The van der Waals surface area contributed by atoms with Crippen LogP contribution in [0.25, 0.3) is 0 Å². The second-order valence-corrected chi connectivity index (χ2v) is 5.86. The molecule has 5 heteroatoms. The highest BCUT2D eigenvalue weighted by atomic mass is 127. The Hall–Kier alpha value is -0.0400. The molecule has 1 fully saturated rings. The molecule has 0 bridgehead atoms. The molecule has 0 aromatic carbocycles. The van der Waals surface area contributed by atoms with Crippen LogP contribution in [-0.4, -0.2) is 50.6 Å². The van der Waals surface area contributed by atoms with Gasteiger partial charge in [-0.25, -0.2) is 0 Å². The van der Waals surface area contributed by atoms with Crippen molar-refractivity contribution < 1.29 is 0 Å². The van der Waals surface area contributed by atoms with Crippen LogP contribution in [0.4, 0.5) is 0 Å². The van der Waals surface area contributed by atoms with Crippen LogP contribution in [0.1, 0.15) is 33.6 Å². The zero-order chi connectivity index (χ0) is 13.5. The van der Waals surface area contributed by atoms with E-state index in [2.05, 4.69) is 55.4 Å². The molecule has 19 heavy (non-hydrogen) atoms. The fraction of sp³-hybridized carbons (Fsp3) is 0.929. The van der Waals surface area contributed by atoms with E-state index in [9.17, 15) is 0 Å². The van der Waals surface area contributed by atoms with Crippen LogP contribution in [0.2, 0.25) is 0 Å². The monoisotopic (exact) mass is 382 g/mol. The minimum absolute atomic E-state index is 0. The maximum absolute atomic E-state index is 4.60. The molecule has 0 aromatic rings. The maximum Gasteiger partial charge on any atom is 0.191 e. The number of halogens is 1. The topological polar surface area (TPSA) is 39.7 Å². The van der Waals surface area contributed by atoms with E-state index in [0.717, 1.165) is 31.5 Å². The largest absolute Gasteiger partial charge is 0.357 e. The molecule has 0 amide bonds. The molecule has 1 saturated carbocycles. The first-order chi connectivity index (χ1) is 8.54. The summed E-state index contributed by atoms with van der Waals surface area (Å²) in [5, 5.41) is 6.79. The summed E-state index contributed by atoms with van der Waals surface area (Å²) in [7, 11) is 4.34. The lowest BCUT2D eigenvalue weighted by molar-refractivity contribution is 0.264. The lowest BCUT2D eigenvalue weighted by Gasteiger charge is -2.25. The summed E-state index contributed by atoms with van der Waals surface area (Å²) in [6.45, 7) is 9.28. The minimum Gasteiger partial charge on any atom is -0.357 e. The summed E-state index contributed by atoms with van der Waals surface area (Å²) in [5.74, 6) is 2.44. The second kappa shape index (κ2) is 9.80. The Balaban J connectivity index is 0.00000324. The van der Waals surface area contributed by atoms with E-state index >= 15 is 0 Å². The lowest BCUT2D eigenvalue weighted by atomic mass is 10.1. The standard InChI is InChI=1S/C14H30N4.HI/c1-6-15-14(16-9-11(2)3)17-10-13(18(4)5)12-7-8-12;/h11-13H,6-10H2,1-5H3,(H2,15,16,17);1H. The van der Waals surface area contributed by atoms with E-state index in [1.165, 1.54) is 12.8 Å². The Bertz CT molecular complexity index is 260. The molecule has 0 saturated heterocycles. The quantitative estimate of drug-likeness (QED) is 0.403. The molecule has 0 aromatic heterocycles. The smallest absolute Gasteiger partial charge is 0.191 e. The normalized spacial score (nSPS) is 17.3. The third-order valence-corrected chi connectivity index (χ3v) is 3.27. The molecule has 4 nitrogen and oxygen atoms in total. The number of hydrogen-bond acceptors (Lipinski definition) is 2. The van der Waals surface area contributed by atoms with Gasteiger partial charge in [-0.05, 0) is 45.7 Å². The number of likely N-dealkylation sites (N-methyl/N-ethyl adjacent to an activating group) is 1. The van der Waals surface area contributed by atoms with Gasteiger partial charge in [0, 0.05) is 25.7 Å². The Labute approximate surface area is 135 Å². The second-order valence-electron chi connectivity index (χ2n) is 5.86. The van der Waals surface area contributed by atoms with Gasteiger partial charge in [-0.1, -0.05) is 13.8 Å². The van der Waals surface area contributed by atoms with Gasteiger partial charge in [0.1, 0.15) is 0 Å². The molecular formula is C14H31IN4. The van der Waals surface area contributed by atoms with E-state index in [0.29, 0.717) is 12.0 Å². The molecule has 0 heterocycles. The molecule has 114 valence electrons. The van der Waals surface area contributed by atoms with Gasteiger partial charge in [0.15, 0.2) is 5.96 Å². The van der Waals surface area contributed by atoms with Gasteiger partial charge in [-0.3, -0.25) is 4.99 Å². The molecule has 2 N–H and O–H groups in total. The van der Waals surface area contributed by atoms with Crippen LogP contribution in [-0.2, 0) is 0 Å². The Morgan fingerprint density at radius 1 is 1.26 bits per heavy atom. The van der Waals surface area contributed by atoms with Crippen molar-refractivity contribution in [3.8, 4) is 0 Å². The van der Waals surface area contributed by atoms with Gasteiger partial charge < -0.3 is 15.5 Å². The van der Waals surface area contributed by atoms with Crippen molar-refractivity contribution >= 4 is 29.9 Å². The van der Waals surface area contributed by atoms with Crippen molar-refractivity contribution in [2.24, 2.45) is 16.8 Å². The first-order valence-electron chi connectivity index (χ1n) is 7.23. The third-order valence-electron chi connectivity index (χ3n) is 3.27. The van der Waals surface area contributed by atoms with Crippen LogP contribution < -0.4 is 10.6 Å². The van der Waals surface area contributed by atoms with Crippen molar-refractivity contribution in [1.29, 1.82) is 0 Å². The van der Waals surface area contributed by atoms with Crippen molar-refractivity contribution in [3.05, 3.63) is 0 Å². The van der Waals surface area contributed by atoms with Gasteiger partial charge in [-0.15, -0.1) is 24.0 Å². The predicted octanol–water partition coefficient (Wildman–Crippen LogP) is 2.16. The van der Waals surface area contributed by atoms with Gasteiger partial charge in [-0.2, -0.15) is 0 Å². The summed E-state index contributed by atoms with van der Waals surface area (Å²) in [6, 6.07) is 0.632. The van der Waals surface area contributed by atoms with E-state index in [1.807, 2.05) is 0 Å². The SMILES string of the molecule is CCNC(=NCC(C)C)NCC(C1CC1)N(C)C.I. The highest BCUT2D eigenvalue weighted by Gasteiger charge is 2.32. The number of aliphatic imine (C=N–C) groups is 1. The highest BCUT2D eigenvalue weighted by molar-refractivity contribution is 14.0. The summed E-state index contributed by atoms with van der Waals surface area (Å²) < 4.78 is 0. The first-order valence-corrected chi connectivity index (χ1v) is 7.23. The molecular weight excluding hydrogens is 351 g/mol.